The summed E-state index contributed by atoms with van der Waals surface area (Å²) in [6.45, 7) is 0.457. The van der Waals surface area contributed by atoms with Gasteiger partial charge in [-0.15, -0.1) is 0 Å². The van der Waals surface area contributed by atoms with E-state index < -0.39 is 0 Å². The monoisotopic (exact) mass is 426 g/mol. The molecule has 5 aromatic rings. The van der Waals surface area contributed by atoms with Crippen molar-refractivity contribution in [2.75, 3.05) is 12.4 Å². The van der Waals surface area contributed by atoms with E-state index in [0.29, 0.717) is 12.4 Å². The molecule has 0 aliphatic carbocycles. The van der Waals surface area contributed by atoms with Gasteiger partial charge in [-0.1, -0.05) is 24.3 Å². The number of hydrogen-bond donors (Lipinski definition) is 2. The lowest BCUT2D eigenvalue weighted by Crippen LogP contribution is -2.24. The smallest absolute Gasteiger partial charge is 0.224 e. The number of anilines is 1. The lowest BCUT2D eigenvalue weighted by Gasteiger charge is -2.06. The third-order valence-electron chi connectivity index (χ3n) is 5.28. The van der Waals surface area contributed by atoms with Crippen LogP contribution in [0.15, 0.2) is 61.2 Å². The molecule has 2 N–H and O–H groups in total. The van der Waals surface area contributed by atoms with Crippen LogP contribution < -0.4 is 10.6 Å². The van der Waals surface area contributed by atoms with Gasteiger partial charge in [-0.3, -0.25) is 9.78 Å². The van der Waals surface area contributed by atoms with Crippen LogP contribution in [-0.4, -0.2) is 42.1 Å². The Morgan fingerprint density at radius 3 is 2.81 bits per heavy atom. The summed E-state index contributed by atoms with van der Waals surface area (Å²) >= 11 is 0. The zero-order valence-corrected chi connectivity index (χ0v) is 17.8. The van der Waals surface area contributed by atoms with Gasteiger partial charge in [-0.05, 0) is 23.3 Å². The van der Waals surface area contributed by atoms with E-state index in [1.165, 1.54) is 0 Å². The average Bonchev–Trinajstić information content (AvgIpc) is 3.41. The van der Waals surface area contributed by atoms with Gasteiger partial charge < -0.3 is 15.2 Å². The number of nitrogens with zero attached hydrogens (tertiary/aromatic N) is 6. The molecule has 0 aliphatic rings. The predicted molar refractivity (Wildman–Crippen MR) is 122 cm³/mol. The molecule has 0 saturated heterocycles. The highest BCUT2D eigenvalue weighted by Crippen LogP contribution is 2.25. The van der Waals surface area contributed by atoms with E-state index in [4.69, 9.17) is 5.10 Å². The van der Waals surface area contributed by atoms with Crippen molar-refractivity contribution in [2.45, 2.75) is 13.0 Å². The lowest BCUT2D eigenvalue weighted by molar-refractivity contribution is -0.120. The highest BCUT2D eigenvalue weighted by Gasteiger charge is 2.15. The molecule has 0 radical (unpaired) electrons. The van der Waals surface area contributed by atoms with Crippen molar-refractivity contribution in [1.82, 2.24) is 34.4 Å². The average molecular weight is 426 g/mol. The molecular formula is C23H22N8O. The minimum absolute atomic E-state index is 0.0436. The predicted octanol–water partition coefficient (Wildman–Crippen LogP) is 2.58. The Morgan fingerprint density at radius 2 is 2.00 bits per heavy atom. The third kappa shape index (κ3) is 3.64. The van der Waals surface area contributed by atoms with Crippen LogP contribution in [0, 0.1) is 0 Å². The first kappa shape index (κ1) is 19.7. The number of benzene rings is 1. The van der Waals surface area contributed by atoms with Gasteiger partial charge in [-0.25, -0.2) is 9.97 Å². The molecule has 5 rings (SSSR count). The van der Waals surface area contributed by atoms with Crippen LogP contribution in [0.1, 0.15) is 11.1 Å². The number of nitrogens with one attached hydrogen (secondary N) is 2. The number of aromatic nitrogens is 6. The molecule has 0 spiro atoms. The third-order valence-corrected chi connectivity index (χ3v) is 5.28. The number of fused-ring (bicyclic) bond motifs is 3. The molecule has 0 aliphatic heterocycles. The van der Waals surface area contributed by atoms with Gasteiger partial charge in [0.15, 0.2) is 22.6 Å². The minimum Gasteiger partial charge on any atom is -0.371 e. The number of rotatable bonds is 6. The highest BCUT2D eigenvalue weighted by atomic mass is 16.1. The number of amides is 1. The molecular weight excluding hydrogens is 404 g/mol. The molecule has 1 aromatic carbocycles. The SMILES string of the molecule is CNc1nc2cc(-c3cccc(CC(=O)NCc4cccnc4)c3)nn2c2c1ncn2C. The number of hydrogen-bond acceptors (Lipinski definition) is 6. The summed E-state index contributed by atoms with van der Waals surface area (Å²) in [5.74, 6) is 0.663. The van der Waals surface area contributed by atoms with Gasteiger partial charge >= 0.3 is 0 Å². The summed E-state index contributed by atoms with van der Waals surface area (Å²) in [6.07, 6.45) is 5.50. The van der Waals surface area contributed by atoms with Crippen LogP contribution in [0.5, 0.6) is 0 Å². The van der Waals surface area contributed by atoms with E-state index in [-0.39, 0.29) is 12.3 Å². The number of pyridine rings is 1. The van der Waals surface area contributed by atoms with Crippen molar-refractivity contribution in [3.05, 3.63) is 72.3 Å². The van der Waals surface area contributed by atoms with E-state index in [1.807, 2.05) is 61.1 Å². The van der Waals surface area contributed by atoms with E-state index in [2.05, 4.69) is 25.6 Å². The molecule has 0 saturated carbocycles. The lowest BCUT2D eigenvalue weighted by atomic mass is 10.1. The Morgan fingerprint density at radius 1 is 1.12 bits per heavy atom. The van der Waals surface area contributed by atoms with Crippen molar-refractivity contribution in [1.29, 1.82) is 0 Å². The quantitative estimate of drug-likeness (QED) is 0.433. The fraction of sp³-hybridized carbons (Fsp3) is 0.174. The summed E-state index contributed by atoms with van der Waals surface area (Å²) in [4.78, 5) is 25.6. The summed E-state index contributed by atoms with van der Waals surface area (Å²) in [5, 5.41) is 10.8. The van der Waals surface area contributed by atoms with E-state index in [1.54, 1.807) is 23.2 Å². The van der Waals surface area contributed by atoms with Crippen molar-refractivity contribution in [2.24, 2.45) is 7.05 Å². The molecule has 1 amide bonds. The van der Waals surface area contributed by atoms with Gasteiger partial charge in [-0.2, -0.15) is 9.61 Å². The normalized spacial score (nSPS) is 11.2. The second-order valence-corrected chi connectivity index (χ2v) is 7.55. The van der Waals surface area contributed by atoms with Gasteiger partial charge in [0.25, 0.3) is 0 Å². The molecule has 4 heterocycles. The Balaban J connectivity index is 1.41. The van der Waals surface area contributed by atoms with Crippen molar-refractivity contribution < 1.29 is 4.79 Å². The zero-order valence-electron chi connectivity index (χ0n) is 17.8. The second-order valence-electron chi connectivity index (χ2n) is 7.55. The summed E-state index contributed by atoms with van der Waals surface area (Å²) in [5.41, 5.74) is 5.93. The van der Waals surface area contributed by atoms with Crippen molar-refractivity contribution in [3.8, 4) is 11.3 Å². The van der Waals surface area contributed by atoms with Crippen LogP contribution >= 0.6 is 0 Å². The Labute approximate surface area is 184 Å². The van der Waals surface area contributed by atoms with Gasteiger partial charge in [0.05, 0.1) is 18.4 Å². The maximum Gasteiger partial charge on any atom is 0.224 e. The van der Waals surface area contributed by atoms with Gasteiger partial charge in [0.2, 0.25) is 5.91 Å². The molecule has 0 bridgehead atoms. The topological polar surface area (TPSA) is 102 Å². The molecule has 32 heavy (non-hydrogen) atoms. The van der Waals surface area contributed by atoms with E-state index in [0.717, 1.165) is 39.2 Å². The first-order chi connectivity index (χ1) is 15.6. The van der Waals surface area contributed by atoms with Crippen LogP contribution in [0.3, 0.4) is 0 Å². The van der Waals surface area contributed by atoms with Crippen molar-refractivity contribution >= 4 is 28.5 Å². The zero-order chi connectivity index (χ0) is 22.1. The number of carbonyl (C=O) groups is 1. The summed E-state index contributed by atoms with van der Waals surface area (Å²) < 4.78 is 3.72. The maximum absolute atomic E-state index is 12.4. The van der Waals surface area contributed by atoms with Crippen LogP contribution in [0.2, 0.25) is 0 Å². The highest BCUT2D eigenvalue weighted by molar-refractivity contribution is 5.86. The molecule has 4 aromatic heterocycles. The molecule has 0 fully saturated rings. The Hall–Kier alpha value is -4.27. The van der Waals surface area contributed by atoms with Crippen LogP contribution in [0.25, 0.3) is 28.1 Å². The standard InChI is InChI=1S/C23H22N8O/c1-24-22-21-23(30(2)14-27-21)31-19(28-22)11-18(29-31)17-7-3-5-15(9-17)10-20(32)26-13-16-6-4-8-25-12-16/h3-9,11-12,14H,10,13H2,1-2H3,(H,24,28)(H,26,32). The number of carbonyl (C=O) groups excluding carboxylic acids is 1. The van der Waals surface area contributed by atoms with Crippen LogP contribution in [0.4, 0.5) is 5.82 Å². The second kappa shape index (κ2) is 8.10. The molecule has 9 heteroatoms. The molecule has 0 atom stereocenters. The first-order valence-corrected chi connectivity index (χ1v) is 10.3. The summed E-state index contributed by atoms with van der Waals surface area (Å²) in [6, 6.07) is 13.6. The van der Waals surface area contributed by atoms with E-state index in [9.17, 15) is 4.79 Å². The largest absolute Gasteiger partial charge is 0.371 e. The molecule has 9 nitrogen and oxygen atoms in total. The number of aryl methyl sites for hydroxylation is 1. The fourth-order valence-electron chi connectivity index (χ4n) is 3.72. The first-order valence-electron chi connectivity index (χ1n) is 10.3. The molecule has 0 unspecified atom stereocenters. The Kier molecular flexibility index (Phi) is 4.98. The maximum atomic E-state index is 12.4. The van der Waals surface area contributed by atoms with E-state index >= 15 is 0 Å². The van der Waals surface area contributed by atoms with Crippen LogP contribution in [-0.2, 0) is 24.8 Å². The van der Waals surface area contributed by atoms with Gasteiger partial charge in [0, 0.05) is 44.7 Å². The molecule has 160 valence electrons. The number of imidazole rings is 1. The minimum atomic E-state index is -0.0436. The van der Waals surface area contributed by atoms with Gasteiger partial charge in [0.1, 0.15) is 0 Å². The fourth-order valence-corrected chi connectivity index (χ4v) is 3.72. The Bertz CT molecular complexity index is 1420. The summed E-state index contributed by atoms with van der Waals surface area (Å²) in [7, 11) is 3.76. The van der Waals surface area contributed by atoms with Crippen molar-refractivity contribution in [3.63, 3.8) is 0 Å².